The molecule has 0 amide bonds. The molecule has 4 unspecified atom stereocenters. The Morgan fingerprint density at radius 2 is 1.71 bits per heavy atom. The molecule has 1 saturated carbocycles. The monoisotopic (exact) mass is 240 g/mol. The Labute approximate surface area is 108 Å². The number of aliphatic hydroxyl groups is 1. The number of unbranched alkanes of at least 4 members (excludes halogenated alkanes) is 4. The molecular formula is C16H32O. The van der Waals surface area contributed by atoms with E-state index in [2.05, 4.69) is 20.8 Å². The molecule has 1 heteroatoms. The predicted octanol–water partition coefficient (Wildman–Crippen LogP) is 4.78. The highest BCUT2D eigenvalue weighted by Crippen LogP contribution is 2.36. The van der Waals surface area contributed by atoms with Crippen molar-refractivity contribution in [3.05, 3.63) is 0 Å². The number of hydrogen-bond donors (Lipinski definition) is 1. The summed E-state index contributed by atoms with van der Waals surface area (Å²) in [5.74, 6) is 2.26. The summed E-state index contributed by atoms with van der Waals surface area (Å²) >= 11 is 0. The van der Waals surface area contributed by atoms with Gasteiger partial charge in [0.1, 0.15) is 0 Å². The largest absolute Gasteiger partial charge is 0.393 e. The van der Waals surface area contributed by atoms with Crippen LogP contribution in [-0.2, 0) is 0 Å². The van der Waals surface area contributed by atoms with Gasteiger partial charge >= 0.3 is 0 Å². The summed E-state index contributed by atoms with van der Waals surface area (Å²) in [4.78, 5) is 0. The van der Waals surface area contributed by atoms with Gasteiger partial charge in [0.2, 0.25) is 0 Å². The third kappa shape index (κ3) is 5.42. The van der Waals surface area contributed by atoms with Crippen molar-refractivity contribution in [2.45, 2.75) is 84.7 Å². The Hall–Kier alpha value is -0.0400. The first kappa shape index (κ1) is 15.0. The molecule has 0 aliphatic heterocycles. The van der Waals surface area contributed by atoms with E-state index in [0.717, 1.165) is 18.3 Å². The van der Waals surface area contributed by atoms with Crippen molar-refractivity contribution in [2.24, 2.45) is 17.8 Å². The maximum Gasteiger partial charge on any atom is 0.0568 e. The molecule has 17 heavy (non-hydrogen) atoms. The normalized spacial score (nSPS) is 31.4. The SMILES string of the molecule is CCCCCCCC(O)C1CCC(C)C(C)C1. The second kappa shape index (κ2) is 8.13. The molecule has 0 aromatic heterocycles. The van der Waals surface area contributed by atoms with Crippen LogP contribution in [-0.4, -0.2) is 11.2 Å². The van der Waals surface area contributed by atoms with Crippen LogP contribution in [0.3, 0.4) is 0 Å². The quantitative estimate of drug-likeness (QED) is 0.635. The zero-order valence-corrected chi connectivity index (χ0v) is 12.1. The van der Waals surface area contributed by atoms with Gasteiger partial charge in [-0.05, 0) is 37.0 Å². The van der Waals surface area contributed by atoms with Gasteiger partial charge in [-0.3, -0.25) is 0 Å². The molecule has 0 aromatic carbocycles. The lowest BCUT2D eigenvalue weighted by atomic mass is 9.73. The molecular weight excluding hydrogens is 208 g/mol. The molecule has 102 valence electrons. The van der Waals surface area contributed by atoms with Gasteiger partial charge in [0.15, 0.2) is 0 Å². The molecule has 1 N–H and O–H groups in total. The third-order valence-corrected chi connectivity index (χ3v) is 4.79. The van der Waals surface area contributed by atoms with Crippen LogP contribution in [0.1, 0.15) is 78.6 Å². The van der Waals surface area contributed by atoms with Gasteiger partial charge in [-0.15, -0.1) is 0 Å². The Morgan fingerprint density at radius 3 is 2.35 bits per heavy atom. The van der Waals surface area contributed by atoms with E-state index in [-0.39, 0.29) is 6.10 Å². The number of hydrogen-bond acceptors (Lipinski definition) is 1. The van der Waals surface area contributed by atoms with Crippen molar-refractivity contribution >= 4 is 0 Å². The van der Waals surface area contributed by atoms with Crippen molar-refractivity contribution in [1.82, 2.24) is 0 Å². The van der Waals surface area contributed by atoms with Crippen LogP contribution < -0.4 is 0 Å². The summed E-state index contributed by atoms with van der Waals surface area (Å²) in [7, 11) is 0. The summed E-state index contributed by atoms with van der Waals surface area (Å²) in [6.45, 7) is 6.96. The Morgan fingerprint density at radius 1 is 1.00 bits per heavy atom. The minimum absolute atomic E-state index is 0.0217. The van der Waals surface area contributed by atoms with Crippen LogP contribution in [0.4, 0.5) is 0 Å². The maximum atomic E-state index is 10.2. The fourth-order valence-electron chi connectivity index (χ4n) is 3.13. The van der Waals surface area contributed by atoms with Gasteiger partial charge < -0.3 is 5.11 Å². The lowest BCUT2D eigenvalue weighted by Crippen LogP contribution is -2.29. The molecule has 0 bridgehead atoms. The fourth-order valence-corrected chi connectivity index (χ4v) is 3.13. The molecule has 1 rings (SSSR count). The summed E-state index contributed by atoms with van der Waals surface area (Å²) < 4.78 is 0. The molecule has 0 spiro atoms. The van der Waals surface area contributed by atoms with Gasteiger partial charge in [-0.25, -0.2) is 0 Å². The Balaban J connectivity index is 2.12. The van der Waals surface area contributed by atoms with E-state index in [1.807, 2.05) is 0 Å². The van der Waals surface area contributed by atoms with Crippen LogP contribution in [0.2, 0.25) is 0 Å². The number of rotatable bonds is 7. The van der Waals surface area contributed by atoms with Crippen LogP contribution in [0.25, 0.3) is 0 Å². The topological polar surface area (TPSA) is 20.2 Å². The highest BCUT2D eigenvalue weighted by molar-refractivity contribution is 4.79. The maximum absolute atomic E-state index is 10.2. The average Bonchev–Trinajstić information content (AvgIpc) is 2.32. The molecule has 4 atom stereocenters. The first-order chi connectivity index (χ1) is 8.15. The predicted molar refractivity (Wildman–Crippen MR) is 75.1 cm³/mol. The molecule has 0 saturated heterocycles. The zero-order chi connectivity index (χ0) is 12.7. The van der Waals surface area contributed by atoms with E-state index >= 15 is 0 Å². The summed E-state index contributed by atoms with van der Waals surface area (Å²) in [5.41, 5.74) is 0. The molecule has 1 aliphatic carbocycles. The van der Waals surface area contributed by atoms with E-state index in [9.17, 15) is 5.11 Å². The summed E-state index contributed by atoms with van der Waals surface area (Å²) in [6.07, 6.45) is 11.4. The van der Waals surface area contributed by atoms with Gasteiger partial charge in [-0.1, -0.05) is 59.3 Å². The molecule has 1 fully saturated rings. The second-order valence-electron chi connectivity index (χ2n) is 6.30. The Kier molecular flexibility index (Phi) is 7.18. The van der Waals surface area contributed by atoms with Crippen molar-refractivity contribution in [1.29, 1.82) is 0 Å². The Bertz CT molecular complexity index is 190. The van der Waals surface area contributed by atoms with Crippen LogP contribution in [0.5, 0.6) is 0 Å². The van der Waals surface area contributed by atoms with Crippen molar-refractivity contribution < 1.29 is 5.11 Å². The minimum Gasteiger partial charge on any atom is -0.393 e. The van der Waals surface area contributed by atoms with Crippen LogP contribution >= 0.6 is 0 Å². The molecule has 1 nitrogen and oxygen atoms in total. The highest BCUT2D eigenvalue weighted by Gasteiger charge is 2.28. The lowest BCUT2D eigenvalue weighted by Gasteiger charge is -2.34. The molecule has 0 aromatic rings. The lowest BCUT2D eigenvalue weighted by molar-refractivity contribution is 0.0489. The highest BCUT2D eigenvalue weighted by atomic mass is 16.3. The van der Waals surface area contributed by atoms with Crippen LogP contribution in [0.15, 0.2) is 0 Å². The molecule has 0 radical (unpaired) electrons. The van der Waals surface area contributed by atoms with Gasteiger partial charge in [0.25, 0.3) is 0 Å². The fraction of sp³-hybridized carbons (Fsp3) is 1.00. The van der Waals surface area contributed by atoms with Crippen molar-refractivity contribution in [3.63, 3.8) is 0 Å². The van der Waals surface area contributed by atoms with Gasteiger partial charge in [0, 0.05) is 0 Å². The second-order valence-corrected chi connectivity index (χ2v) is 6.30. The standard InChI is InChI=1S/C16H32O/c1-4-5-6-7-8-9-16(17)15-11-10-13(2)14(3)12-15/h13-17H,4-12H2,1-3H3. The summed E-state index contributed by atoms with van der Waals surface area (Å²) in [5, 5.41) is 10.2. The molecule has 0 heterocycles. The van der Waals surface area contributed by atoms with E-state index in [1.165, 1.54) is 51.4 Å². The molecule has 1 aliphatic rings. The van der Waals surface area contributed by atoms with Crippen molar-refractivity contribution in [3.8, 4) is 0 Å². The smallest absolute Gasteiger partial charge is 0.0568 e. The minimum atomic E-state index is -0.0217. The first-order valence-corrected chi connectivity index (χ1v) is 7.83. The van der Waals surface area contributed by atoms with E-state index in [4.69, 9.17) is 0 Å². The third-order valence-electron chi connectivity index (χ3n) is 4.79. The van der Waals surface area contributed by atoms with Crippen LogP contribution in [0, 0.1) is 17.8 Å². The van der Waals surface area contributed by atoms with Gasteiger partial charge in [0.05, 0.1) is 6.10 Å². The number of aliphatic hydroxyl groups excluding tert-OH is 1. The van der Waals surface area contributed by atoms with Crippen molar-refractivity contribution in [2.75, 3.05) is 0 Å². The van der Waals surface area contributed by atoms with E-state index in [1.54, 1.807) is 0 Å². The van der Waals surface area contributed by atoms with E-state index in [0.29, 0.717) is 5.92 Å². The first-order valence-electron chi connectivity index (χ1n) is 7.83. The zero-order valence-electron chi connectivity index (χ0n) is 12.1. The van der Waals surface area contributed by atoms with E-state index < -0.39 is 0 Å². The average molecular weight is 240 g/mol. The summed E-state index contributed by atoms with van der Waals surface area (Å²) in [6, 6.07) is 0. The van der Waals surface area contributed by atoms with Gasteiger partial charge in [-0.2, -0.15) is 0 Å².